The molecule has 3 rings (SSSR count). The Kier molecular flexibility index (Phi) is 3.44. The van der Waals surface area contributed by atoms with Crippen LogP contribution in [0.25, 0.3) is 11.0 Å². The monoisotopic (exact) mass is 325 g/mol. The molecule has 0 radical (unpaired) electrons. The predicted molar refractivity (Wildman–Crippen MR) is 76.2 cm³/mol. The molecule has 0 aromatic carbocycles. The van der Waals surface area contributed by atoms with Crippen molar-refractivity contribution in [1.82, 2.24) is 14.5 Å². The van der Waals surface area contributed by atoms with Crippen molar-refractivity contribution < 1.29 is 25.0 Å². The Bertz CT molecular complexity index is 775. The molecular formula is C12H15N5O6. The molecule has 1 aliphatic heterocycles. The smallest absolute Gasteiger partial charge is 0.300 e. The second-order valence-corrected chi connectivity index (χ2v) is 5.52. The molecule has 2 aromatic rings. The molecule has 2 aromatic heterocycles. The number of anilines is 1. The maximum absolute atomic E-state index is 11.2. The molecule has 1 fully saturated rings. The van der Waals surface area contributed by atoms with Crippen LogP contribution in [0.5, 0.6) is 0 Å². The molecule has 0 aliphatic carbocycles. The summed E-state index contributed by atoms with van der Waals surface area (Å²) in [5.41, 5.74) is 3.63. The first-order chi connectivity index (χ1) is 10.8. The molecule has 1 aliphatic rings. The summed E-state index contributed by atoms with van der Waals surface area (Å²) < 4.78 is 6.67. The van der Waals surface area contributed by atoms with Gasteiger partial charge in [-0.15, -0.1) is 0 Å². The summed E-state index contributed by atoms with van der Waals surface area (Å²) >= 11 is 0. The Morgan fingerprint density at radius 3 is 2.83 bits per heavy atom. The van der Waals surface area contributed by atoms with Gasteiger partial charge in [0.15, 0.2) is 11.9 Å². The molecule has 11 heteroatoms. The lowest BCUT2D eigenvalue weighted by molar-refractivity contribution is -0.383. The van der Waals surface area contributed by atoms with Crippen LogP contribution in [0.15, 0.2) is 12.5 Å². The standard InChI is InChI=1S/C12H15N5O6/c1-12(20)8(19)6(3-18)23-11(12)16-2-5(17(21)22)7-9(13)14-4-15-10(7)16/h2,4,6,8,11,18-20H,3H2,1H3,(H2,13,14,15)/t6-,8-,11?,12+/m1/s1. The fourth-order valence-corrected chi connectivity index (χ4v) is 2.80. The average Bonchev–Trinajstić information content (AvgIpc) is 2.97. The number of aliphatic hydroxyl groups excluding tert-OH is 2. The number of fused-ring (bicyclic) bond motifs is 1. The van der Waals surface area contributed by atoms with Gasteiger partial charge >= 0.3 is 0 Å². The molecule has 0 spiro atoms. The molecule has 0 amide bonds. The largest absolute Gasteiger partial charge is 0.394 e. The maximum Gasteiger partial charge on any atom is 0.300 e. The van der Waals surface area contributed by atoms with E-state index < -0.39 is 35.6 Å². The van der Waals surface area contributed by atoms with Crippen molar-refractivity contribution >= 4 is 22.5 Å². The topological polar surface area (TPSA) is 170 Å². The molecule has 124 valence electrons. The first-order valence-corrected chi connectivity index (χ1v) is 6.71. The van der Waals surface area contributed by atoms with Gasteiger partial charge in [0.1, 0.15) is 35.3 Å². The summed E-state index contributed by atoms with van der Waals surface area (Å²) in [6.07, 6.45) is -1.37. The maximum atomic E-state index is 11.2. The van der Waals surface area contributed by atoms with E-state index in [0.29, 0.717) is 0 Å². The molecule has 4 atom stereocenters. The number of hydrogen-bond donors (Lipinski definition) is 4. The van der Waals surface area contributed by atoms with Crippen LogP contribution in [0, 0.1) is 10.1 Å². The number of nitrogens with zero attached hydrogens (tertiary/aromatic N) is 4. The molecule has 1 unspecified atom stereocenters. The second-order valence-electron chi connectivity index (χ2n) is 5.52. The molecule has 1 saturated heterocycles. The highest BCUT2D eigenvalue weighted by molar-refractivity contribution is 5.95. The zero-order valence-electron chi connectivity index (χ0n) is 12.0. The molecular weight excluding hydrogens is 310 g/mol. The van der Waals surface area contributed by atoms with E-state index >= 15 is 0 Å². The Morgan fingerprint density at radius 1 is 1.57 bits per heavy atom. The summed E-state index contributed by atoms with van der Waals surface area (Å²) in [6.45, 7) is 0.784. The van der Waals surface area contributed by atoms with Gasteiger partial charge in [-0.2, -0.15) is 0 Å². The SMILES string of the molecule is C[C@@]1(O)C(n2cc([N+](=O)[O-])c3c(N)ncnc32)O[C@H](CO)[C@H]1O. The molecule has 11 nitrogen and oxygen atoms in total. The van der Waals surface area contributed by atoms with Gasteiger partial charge in [0, 0.05) is 0 Å². The highest BCUT2D eigenvalue weighted by atomic mass is 16.6. The molecule has 23 heavy (non-hydrogen) atoms. The number of aromatic nitrogens is 3. The van der Waals surface area contributed by atoms with Gasteiger partial charge < -0.3 is 25.8 Å². The first kappa shape index (κ1) is 15.6. The summed E-state index contributed by atoms with van der Waals surface area (Å²) in [7, 11) is 0. The van der Waals surface area contributed by atoms with E-state index in [0.717, 1.165) is 12.5 Å². The Balaban J connectivity index is 2.21. The van der Waals surface area contributed by atoms with Crippen LogP contribution in [0.3, 0.4) is 0 Å². The van der Waals surface area contributed by atoms with Crippen molar-refractivity contribution in [3.8, 4) is 0 Å². The molecule has 0 bridgehead atoms. The van der Waals surface area contributed by atoms with E-state index in [2.05, 4.69) is 9.97 Å². The first-order valence-electron chi connectivity index (χ1n) is 6.71. The Morgan fingerprint density at radius 2 is 2.26 bits per heavy atom. The van der Waals surface area contributed by atoms with E-state index in [1.165, 1.54) is 11.5 Å². The van der Waals surface area contributed by atoms with Crippen LogP contribution in [-0.4, -0.2) is 59.2 Å². The van der Waals surface area contributed by atoms with Crippen LogP contribution < -0.4 is 5.73 Å². The quantitative estimate of drug-likeness (QED) is 0.405. The third-order valence-electron chi connectivity index (χ3n) is 4.00. The fraction of sp³-hybridized carbons (Fsp3) is 0.500. The lowest BCUT2D eigenvalue weighted by Gasteiger charge is -2.27. The number of hydrogen-bond acceptors (Lipinski definition) is 9. The van der Waals surface area contributed by atoms with Crippen LogP contribution in [-0.2, 0) is 4.74 Å². The van der Waals surface area contributed by atoms with Gasteiger partial charge in [-0.3, -0.25) is 14.7 Å². The lowest BCUT2D eigenvalue weighted by Crippen LogP contribution is -2.44. The number of ether oxygens (including phenoxy) is 1. The van der Waals surface area contributed by atoms with Crippen LogP contribution in [0.2, 0.25) is 0 Å². The van der Waals surface area contributed by atoms with Gasteiger partial charge in [0.05, 0.1) is 17.7 Å². The summed E-state index contributed by atoms with van der Waals surface area (Å²) in [5.74, 6) is -0.0858. The summed E-state index contributed by atoms with van der Waals surface area (Å²) in [5, 5.41) is 41.0. The van der Waals surface area contributed by atoms with Crippen molar-refractivity contribution in [3.63, 3.8) is 0 Å². The van der Waals surface area contributed by atoms with E-state index in [9.17, 15) is 25.4 Å². The van der Waals surface area contributed by atoms with Crippen molar-refractivity contribution in [2.75, 3.05) is 12.3 Å². The van der Waals surface area contributed by atoms with E-state index in [-0.39, 0.29) is 22.5 Å². The summed E-state index contributed by atoms with van der Waals surface area (Å²) in [4.78, 5) is 18.3. The van der Waals surface area contributed by atoms with Gasteiger partial charge in [-0.05, 0) is 6.92 Å². The van der Waals surface area contributed by atoms with Gasteiger partial charge in [0.2, 0.25) is 0 Å². The molecule has 5 N–H and O–H groups in total. The Labute approximate surface area is 129 Å². The van der Waals surface area contributed by atoms with Crippen LogP contribution in [0.4, 0.5) is 11.5 Å². The number of rotatable bonds is 3. The van der Waals surface area contributed by atoms with E-state index in [1.807, 2.05) is 0 Å². The van der Waals surface area contributed by atoms with Crippen molar-refractivity contribution in [1.29, 1.82) is 0 Å². The second kappa shape index (κ2) is 5.09. The third-order valence-corrected chi connectivity index (χ3v) is 4.00. The van der Waals surface area contributed by atoms with Gasteiger partial charge in [0.25, 0.3) is 5.69 Å². The van der Waals surface area contributed by atoms with E-state index in [4.69, 9.17) is 10.5 Å². The van der Waals surface area contributed by atoms with E-state index in [1.54, 1.807) is 0 Å². The lowest BCUT2D eigenvalue weighted by atomic mass is 9.96. The number of nitrogen functional groups attached to an aromatic ring is 1. The van der Waals surface area contributed by atoms with Crippen LogP contribution in [0.1, 0.15) is 13.2 Å². The highest BCUT2D eigenvalue weighted by Crippen LogP contribution is 2.42. The minimum atomic E-state index is -1.80. The molecule has 0 saturated carbocycles. The Hall–Kier alpha value is -2.34. The number of aliphatic hydroxyl groups is 3. The highest BCUT2D eigenvalue weighted by Gasteiger charge is 2.53. The predicted octanol–water partition coefficient (Wildman–Crippen LogP) is -1.08. The van der Waals surface area contributed by atoms with Gasteiger partial charge in [-0.1, -0.05) is 0 Å². The average molecular weight is 325 g/mol. The van der Waals surface area contributed by atoms with Crippen molar-refractivity contribution in [2.24, 2.45) is 0 Å². The normalized spacial score (nSPS) is 30.9. The number of nitro groups is 1. The summed E-state index contributed by atoms with van der Waals surface area (Å²) in [6, 6.07) is 0. The van der Waals surface area contributed by atoms with Crippen molar-refractivity contribution in [2.45, 2.75) is 31.0 Å². The number of nitrogens with two attached hydrogens (primary N) is 1. The van der Waals surface area contributed by atoms with Gasteiger partial charge in [-0.25, -0.2) is 9.97 Å². The minimum Gasteiger partial charge on any atom is -0.394 e. The zero-order chi connectivity index (χ0) is 16.9. The zero-order valence-corrected chi connectivity index (χ0v) is 12.0. The van der Waals surface area contributed by atoms with Crippen LogP contribution >= 0.6 is 0 Å². The molecule has 3 heterocycles. The third kappa shape index (κ3) is 2.13. The fourth-order valence-electron chi connectivity index (χ4n) is 2.80. The van der Waals surface area contributed by atoms with Crippen molar-refractivity contribution in [3.05, 3.63) is 22.6 Å². The minimum absolute atomic E-state index is 0.0128.